The van der Waals surface area contributed by atoms with Crippen LogP contribution in [0.1, 0.15) is 33.1 Å². The molecule has 86 valence electrons. The molecule has 0 aliphatic carbocycles. The van der Waals surface area contributed by atoms with E-state index in [1.807, 2.05) is 6.92 Å². The standard InChI is InChI=1S/C10H18N2O3/c1-3-10(2,9(14)15)11-6-7-4-5-8(13)12-7/h7,11H,3-6H2,1-2H3,(H,12,13)(H,14,15). The van der Waals surface area contributed by atoms with E-state index in [-0.39, 0.29) is 11.9 Å². The lowest BCUT2D eigenvalue weighted by molar-refractivity contribution is -0.144. The van der Waals surface area contributed by atoms with Crippen molar-refractivity contribution < 1.29 is 14.7 Å². The summed E-state index contributed by atoms with van der Waals surface area (Å²) in [6, 6.07) is 0.0720. The van der Waals surface area contributed by atoms with Crippen LogP contribution < -0.4 is 10.6 Å². The molecule has 1 rings (SSSR count). The van der Waals surface area contributed by atoms with Crippen molar-refractivity contribution in [2.45, 2.75) is 44.7 Å². The Hall–Kier alpha value is -1.10. The summed E-state index contributed by atoms with van der Waals surface area (Å²) in [6.45, 7) is 4.00. The number of amides is 1. The Morgan fingerprint density at radius 1 is 1.73 bits per heavy atom. The van der Waals surface area contributed by atoms with Crippen molar-refractivity contribution in [2.24, 2.45) is 0 Å². The second kappa shape index (κ2) is 4.61. The minimum absolute atomic E-state index is 0.0512. The van der Waals surface area contributed by atoms with E-state index in [9.17, 15) is 9.59 Å². The van der Waals surface area contributed by atoms with E-state index in [2.05, 4.69) is 10.6 Å². The fourth-order valence-electron chi connectivity index (χ4n) is 1.53. The minimum Gasteiger partial charge on any atom is -0.480 e. The molecule has 0 spiro atoms. The molecule has 1 amide bonds. The lowest BCUT2D eigenvalue weighted by Gasteiger charge is -2.26. The Balaban J connectivity index is 2.41. The fraction of sp³-hybridized carbons (Fsp3) is 0.800. The van der Waals surface area contributed by atoms with Crippen LogP contribution >= 0.6 is 0 Å². The zero-order valence-corrected chi connectivity index (χ0v) is 9.17. The van der Waals surface area contributed by atoms with E-state index in [0.717, 1.165) is 6.42 Å². The highest BCUT2D eigenvalue weighted by molar-refractivity contribution is 5.79. The predicted molar refractivity (Wildman–Crippen MR) is 55.5 cm³/mol. The van der Waals surface area contributed by atoms with Gasteiger partial charge in [0, 0.05) is 19.0 Å². The summed E-state index contributed by atoms with van der Waals surface area (Å²) in [6.07, 6.45) is 1.84. The van der Waals surface area contributed by atoms with Gasteiger partial charge in [0.15, 0.2) is 0 Å². The molecule has 5 heteroatoms. The number of carboxylic acid groups (broad SMARTS) is 1. The second-order valence-electron chi connectivity index (χ2n) is 4.17. The van der Waals surface area contributed by atoms with Crippen LogP contribution in [0.15, 0.2) is 0 Å². The average molecular weight is 214 g/mol. The first kappa shape index (κ1) is 12.0. The quantitative estimate of drug-likeness (QED) is 0.607. The molecule has 0 saturated carbocycles. The third-order valence-corrected chi connectivity index (χ3v) is 3.00. The summed E-state index contributed by atoms with van der Waals surface area (Å²) in [4.78, 5) is 21.9. The molecule has 1 saturated heterocycles. The highest BCUT2D eigenvalue weighted by Gasteiger charge is 2.32. The second-order valence-corrected chi connectivity index (χ2v) is 4.17. The van der Waals surface area contributed by atoms with E-state index in [4.69, 9.17) is 5.11 Å². The number of nitrogens with one attached hydrogen (secondary N) is 2. The molecule has 15 heavy (non-hydrogen) atoms. The van der Waals surface area contributed by atoms with Gasteiger partial charge in [0.05, 0.1) is 0 Å². The smallest absolute Gasteiger partial charge is 0.323 e. The summed E-state index contributed by atoms with van der Waals surface area (Å²) >= 11 is 0. The molecule has 5 nitrogen and oxygen atoms in total. The van der Waals surface area contributed by atoms with Crippen LogP contribution in [-0.4, -0.2) is 35.1 Å². The largest absolute Gasteiger partial charge is 0.480 e. The van der Waals surface area contributed by atoms with Crippen LogP contribution in [0, 0.1) is 0 Å². The van der Waals surface area contributed by atoms with Crippen LogP contribution in [0.4, 0.5) is 0 Å². The molecule has 1 aliphatic heterocycles. The molecular formula is C10H18N2O3. The Labute approximate surface area is 89.2 Å². The first-order valence-electron chi connectivity index (χ1n) is 5.25. The van der Waals surface area contributed by atoms with E-state index in [0.29, 0.717) is 19.4 Å². The third kappa shape index (κ3) is 2.92. The molecule has 0 aromatic rings. The lowest BCUT2D eigenvalue weighted by atomic mass is 9.99. The van der Waals surface area contributed by atoms with Crippen molar-refractivity contribution in [3.8, 4) is 0 Å². The number of aliphatic carboxylic acids is 1. The average Bonchev–Trinajstić information content (AvgIpc) is 2.60. The number of carbonyl (C=O) groups excluding carboxylic acids is 1. The lowest BCUT2D eigenvalue weighted by Crippen LogP contribution is -2.52. The van der Waals surface area contributed by atoms with Gasteiger partial charge in [-0.05, 0) is 19.8 Å². The molecule has 2 unspecified atom stereocenters. The molecule has 0 aromatic carbocycles. The van der Waals surface area contributed by atoms with E-state index >= 15 is 0 Å². The summed E-state index contributed by atoms with van der Waals surface area (Å²) in [5.41, 5.74) is -0.896. The van der Waals surface area contributed by atoms with Crippen LogP contribution in [0.5, 0.6) is 0 Å². The molecule has 2 atom stereocenters. The van der Waals surface area contributed by atoms with Gasteiger partial charge in [0.25, 0.3) is 0 Å². The Kier molecular flexibility index (Phi) is 3.68. The van der Waals surface area contributed by atoms with E-state index in [1.165, 1.54) is 0 Å². The van der Waals surface area contributed by atoms with Crippen molar-refractivity contribution in [1.82, 2.24) is 10.6 Å². The molecule has 3 N–H and O–H groups in total. The Morgan fingerprint density at radius 2 is 2.40 bits per heavy atom. The SMILES string of the molecule is CCC(C)(NCC1CCC(=O)N1)C(=O)O. The van der Waals surface area contributed by atoms with Gasteiger partial charge in [0.2, 0.25) is 5.91 Å². The van der Waals surface area contributed by atoms with Gasteiger partial charge in [-0.1, -0.05) is 6.92 Å². The van der Waals surface area contributed by atoms with Crippen LogP contribution in [0.3, 0.4) is 0 Å². The fourth-order valence-corrected chi connectivity index (χ4v) is 1.53. The van der Waals surface area contributed by atoms with Gasteiger partial charge < -0.3 is 15.7 Å². The summed E-state index contributed by atoms with van der Waals surface area (Å²) in [5.74, 6) is -0.801. The number of carboxylic acids is 1. The van der Waals surface area contributed by atoms with Gasteiger partial charge in [-0.25, -0.2) is 0 Å². The van der Waals surface area contributed by atoms with Crippen LogP contribution in [-0.2, 0) is 9.59 Å². The van der Waals surface area contributed by atoms with Crippen molar-refractivity contribution in [2.75, 3.05) is 6.54 Å². The van der Waals surface area contributed by atoms with Gasteiger partial charge in [-0.3, -0.25) is 9.59 Å². The topological polar surface area (TPSA) is 78.4 Å². The number of carbonyl (C=O) groups is 2. The van der Waals surface area contributed by atoms with Crippen molar-refractivity contribution >= 4 is 11.9 Å². The molecule has 0 radical (unpaired) electrons. The minimum atomic E-state index is -0.896. The van der Waals surface area contributed by atoms with Gasteiger partial charge in [0.1, 0.15) is 5.54 Å². The highest BCUT2D eigenvalue weighted by Crippen LogP contribution is 2.11. The molecule has 1 aliphatic rings. The van der Waals surface area contributed by atoms with Crippen LogP contribution in [0.2, 0.25) is 0 Å². The molecular weight excluding hydrogens is 196 g/mol. The molecule has 0 bridgehead atoms. The summed E-state index contributed by atoms with van der Waals surface area (Å²) in [5, 5.41) is 14.8. The third-order valence-electron chi connectivity index (χ3n) is 3.00. The Bertz CT molecular complexity index is 267. The monoisotopic (exact) mass is 214 g/mol. The zero-order valence-electron chi connectivity index (χ0n) is 9.17. The maximum Gasteiger partial charge on any atom is 0.323 e. The number of hydrogen-bond donors (Lipinski definition) is 3. The van der Waals surface area contributed by atoms with Crippen LogP contribution in [0.25, 0.3) is 0 Å². The molecule has 1 heterocycles. The maximum absolute atomic E-state index is 11.0. The number of rotatable bonds is 5. The van der Waals surface area contributed by atoms with Crippen molar-refractivity contribution in [3.05, 3.63) is 0 Å². The predicted octanol–water partition coefficient (Wildman–Crippen LogP) is 0.108. The highest BCUT2D eigenvalue weighted by atomic mass is 16.4. The van der Waals surface area contributed by atoms with E-state index < -0.39 is 11.5 Å². The van der Waals surface area contributed by atoms with Crippen molar-refractivity contribution in [3.63, 3.8) is 0 Å². The first-order chi connectivity index (χ1) is 6.98. The number of hydrogen-bond acceptors (Lipinski definition) is 3. The van der Waals surface area contributed by atoms with Gasteiger partial charge in [-0.15, -0.1) is 0 Å². The Morgan fingerprint density at radius 3 is 2.80 bits per heavy atom. The molecule has 0 aromatic heterocycles. The first-order valence-corrected chi connectivity index (χ1v) is 5.25. The van der Waals surface area contributed by atoms with E-state index in [1.54, 1.807) is 6.92 Å². The summed E-state index contributed by atoms with van der Waals surface area (Å²) < 4.78 is 0. The normalized spacial score (nSPS) is 24.7. The van der Waals surface area contributed by atoms with Gasteiger partial charge >= 0.3 is 5.97 Å². The zero-order chi connectivity index (χ0) is 11.5. The molecule has 1 fully saturated rings. The summed E-state index contributed by atoms with van der Waals surface area (Å²) in [7, 11) is 0. The van der Waals surface area contributed by atoms with Gasteiger partial charge in [-0.2, -0.15) is 0 Å². The maximum atomic E-state index is 11.0. The van der Waals surface area contributed by atoms with Crippen molar-refractivity contribution in [1.29, 1.82) is 0 Å².